The molecule has 2 amide bonds. The van der Waals surface area contributed by atoms with Gasteiger partial charge in [0.2, 0.25) is 5.13 Å². The number of hydrogen-bond donors (Lipinski definition) is 3. The van der Waals surface area contributed by atoms with Gasteiger partial charge in [0.1, 0.15) is 11.0 Å². The molecule has 1 atom stereocenters. The molecule has 19 heavy (non-hydrogen) atoms. The molecule has 0 aliphatic carbocycles. The van der Waals surface area contributed by atoms with E-state index in [0.717, 1.165) is 11.4 Å². The number of nitrogens with one attached hydrogen (secondary N) is 2. The van der Waals surface area contributed by atoms with Gasteiger partial charge in [0.15, 0.2) is 0 Å². The highest BCUT2D eigenvalue weighted by atomic mass is 32.2. The number of carbonyl (C=O) groups excluding carboxylic acids is 1. The molecule has 0 fully saturated rings. The van der Waals surface area contributed by atoms with E-state index < -0.39 is 18.0 Å². The third-order valence-electron chi connectivity index (χ3n) is 2.20. The van der Waals surface area contributed by atoms with Crippen LogP contribution in [0.3, 0.4) is 0 Å². The molecule has 0 bridgehead atoms. The number of urea groups is 1. The fourth-order valence-corrected chi connectivity index (χ4v) is 2.38. The Bertz CT molecular complexity index is 438. The molecule has 0 aromatic carbocycles. The van der Waals surface area contributed by atoms with Crippen LogP contribution in [0.4, 0.5) is 9.93 Å². The van der Waals surface area contributed by atoms with Gasteiger partial charge in [0.05, 0.1) is 0 Å². The van der Waals surface area contributed by atoms with Crippen molar-refractivity contribution in [3.05, 3.63) is 5.01 Å². The molecular formula is C10H16N4O3S2. The second-order valence-corrected chi connectivity index (χ2v) is 5.67. The molecule has 9 heteroatoms. The molecule has 106 valence electrons. The first kappa shape index (κ1) is 15.7. The molecule has 7 nitrogen and oxygen atoms in total. The number of carbonyl (C=O) groups is 2. The molecule has 0 saturated heterocycles. The number of carboxylic acid groups (broad SMARTS) is 1. The summed E-state index contributed by atoms with van der Waals surface area (Å²) in [4.78, 5) is 22.6. The molecule has 0 spiro atoms. The quantitative estimate of drug-likeness (QED) is 0.704. The minimum absolute atomic E-state index is 0.364. The van der Waals surface area contributed by atoms with Crippen LogP contribution in [-0.4, -0.2) is 45.4 Å². The third kappa shape index (κ3) is 5.43. The fourth-order valence-electron chi connectivity index (χ4n) is 1.23. The fraction of sp³-hybridized carbons (Fsp3) is 0.600. The minimum atomic E-state index is -1.05. The number of anilines is 1. The largest absolute Gasteiger partial charge is 0.480 e. The van der Waals surface area contributed by atoms with Crippen LogP contribution in [0.2, 0.25) is 0 Å². The zero-order valence-corrected chi connectivity index (χ0v) is 12.3. The average molecular weight is 304 g/mol. The average Bonchev–Trinajstić information content (AvgIpc) is 2.81. The van der Waals surface area contributed by atoms with Crippen LogP contribution in [0.15, 0.2) is 0 Å². The Morgan fingerprint density at radius 3 is 2.74 bits per heavy atom. The summed E-state index contributed by atoms with van der Waals surface area (Å²) >= 11 is 2.80. The van der Waals surface area contributed by atoms with Gasteiger partial charge in [0, 0.05) is 0 Å². The highest BCUT2D eigenvalue weighted by Crippen LogP contribution is 2.15. The van der Waals surface area contributed by atoms with Gasteiger partial charge in [-0.3, -0.25) is 5.32 Å². The molecule has 0 unspecified atom stereocenters. The second-order valence-electron chi connectivity index (χ2n) is 3.63. The molecule has 0 saturated carbocycles. The van der Waals surface area contributed by atoms with E-state index in [4.69, 9.17) is 5.11 Å². The first-order valence-electron chi connectivity index (χ1n) is 5.68. The van der Waals surface area contributed by atoms with Crippen molar-refractivity contribution < 1.29 is 14.7 Å². The molecule has 0 radical (unpaired) electrons. The van der Waals surface area contributed by atoms with E-state index in [9.17, 15) is 9.59 Å². The van der Waals surface area contributed by atoms with Crippen molar-refractivity contribution in [3.8, 4) is 0 Å². The summed E-state index contributed by atoms with van der Waals surface area (Å²) in [5, 5.41) is 22.7. The second kappa shape index (κ2) is 7.95. The smallest absolute Gasteiger partial charge is 0.326 e. The first-order chi connectivity index (χ1) is 9.06. The molecule has 0 aliphatic rings. The number of nitrogens with zero attached hydrogens (tertiary/aromatic N) is 2. The van der Waals surface area contributed by atoms with Gasteiger partial charge in [-0.2, -0.15) is 11.8 Å². The highest BCUT2D eigenvalue weighted by molar-refractivity contribution is 7.98. The van der Waals surface area contributed by atoms with Crippen LogP contribution < -0.4 is 10.6 Å². The van der Waals surface area contributed by atoms with E-state index in [1.165, 1.54) is 23.1 Å². The van der Waals surface area contributed by atoms with Crippen LogP contribution in [0.1, 0.15) is 18.4 Å². The van der Waals surface area contributed by atoms with Crippen LogP contribution in [0.5, 0.6) is 0 Å². The third-order valence-corrected chi connectivity index (χ3v) is 3.83. The van der Waals surface area contributed by atoms with Crippen molar-refractivity contribution in [3.63, 3.8) is 0 Å². The van der Waals surface area contributed by atoms with Crippen molar-refractivity contribution in [2.45, 2.75) is 25.8 Å². The lowest BCUT2D eigenvalue weighted by molar-refractivity contribution is -0.139. The molecule has 1 rings (SSSR count). The molecule has 3 N–H and O–H groups in total. The van der Waals surface area contributed by atoms with Crippen molar-refractivity contribution in [1.82, 2.24) is 15.5 Å². The number of aromatic nitrogens is 2. The molecule has 1 heterocycles. The lowest BCUT2D eigenvalue weighted by Gasteiger charge is -2.13. The summed E-state index contributed by atoms with van der Waals surface area (Å²) in [5.41, 5.74) is 0. The zero-order valence-electron chi connectivity index (χ0n) is 10.7. The van der Waals surface area contributed by atoms with Gasteiger partial charge >= 0.3 is 12.0 Å². The Morgan fingerprint density at radius 1 is 1.47 bits per heavy atom. The summed E-state index contributed by atoms with van der Waals surface area (Å²) in [6, 6.07) is -1.47. The minimum Gasteiger partial charge on any atom is -0.480 e. The Labute approximate surface area is 119 Å². The van der Waals surface area contributed by atoms with Crippen LogP contribution in [-0.2, 0) is 11.2 Å². The van der Waals surface area contributed by atoms with E-state index in [0.29, 0.717) is 17.3 Å². The number of carboxylic acids is 1. The molecule has 0 aliphatic heterocycles. The Kier molecular flexibility index (Phi) is 6.57. The van der Waals surface area contributed by atoms with Crippen molar-refractivity contribution >= 4 is 40.2 Å². The zero-order chi connectivity index (χ0) is 14.3. The standard InChI is InChI=1S/C10H16N4O3S2/c1-3-7-13-14-10(19-7)12-9(17)11-6(8(15)16)4-5-18-2/h6H,3-5H2,1-2H3,(H,15,16)(H2,11,12,14,17)/t6-/m1/s1. The van der Waals surface area contributed by atoms with Crippen LogP contribution in [0, 0.1) is 0 Å². The predicted octanol–water partition coefficient (Wildman–Crippen LogP) is 1.43. The van der Waals surface area contributed by atoms with E-state index in [-0.39, 0.29) is 0 Å². The molecular weight excluding hydrogens is 288 g/mol. The number of hydrogen-bond acceptors (Lipinski definition) is 6. The van der Waals surface area contributed by atoms with E-state index in [2.05, 4.69) is 20.8 Å². The maximum atomic E-state index is 11.6. The SMILES string of the molecule is CCc1nnc(NC(=O)N[C@H](CCSC)C(=O)O)s1. The summed E-state index contributed by atoms with van der Waals surface area (Å²) < 4.78 is 0. The maximum absolute atomic E-state index is 11.6. The first-order valence-corrected chi connectivity index (χ1v) is 7.89. The lowest BCUT2D eigenvalue weighted by Crippen LogP contribution is -2.43. The Hall–Kier alpha value is -1.35. The van der Waals surface area contributed by atoms with Gasteiger partial charge in [-0.25, -0.2) is 9.59 Å². The van der Waals surface area contributed by atoms with Gasteiger partial charge in [0.25, 0.3) is 0 Å². The summed E-state index contributed by atoms with van der Waals surface area (Å²) in [6.45, 7) is 1.94. The lowest BCUT2D eigenvalue weighted by atomic mass is 10.2. The summed E-state index contributed by atoms with van der Waals surface area (Å²) in [6.07, 6.45) is 3.00. The topological polar surface area (TPSA) is 104 Å². The number of rotatable bonds is 7. The van der Waals surface area contributed by atoms with E-state index in [1.807, 2.05) is 13.2 Å². The van der Waals surface area contributed by atoms with Gasteiger partial charge in [-0.05, 0) is 24.9 Å². The van der Waals surface area contributed by atoms with Crippen molar-refractivity contribution in [2.24, 2.45) is 0 Å². The van der Waals surface area contributed by atoms with Crippen molar-refractivity contribution in [2.75, 3.05) is 17.3 Å². The normalized spacial score (nSPS) is 11.9. The maximum Gasteiger partial charge on any atom is 0.326 e. The number of aliphatic carboxylic acids is 1. The highest BCUT2D eigenvalue weighted by Gasteiger charge is 2.19. The Morgan fingerprint density at radius 2 is 2.21 bits per heavy atom. The number of aryl methyl sites for hydroxylation is 1. The summed E-state index contributed by atoms with van der Waals surface area (Å²) in [7, 11) is 0. The Balaban J connectivity index is 2.49. The molecule has 1 aromatic rings. The monoisotopic (exact) mass is 304 g/mol. The van der Waals surface area contributed by atoms with Crippen LogP contribution in [0.25, 0.3) is 0 Å². The van der Waals surface area contributed by atoms with Crippen LogP contribution >= 0.6 is 23.1 Å². The predicted molar refractivity (Wildman–Crippen MR) is 75.9 cm³/mol. The van der Waals surface area contributed by atoms with Gasteiger partial charge < -0.3 is 10.4 Å². The number of amides is 2. The molecule has 1 aromatic heterocycles. The summed E-state index contributed by atoms with van der Waals surface area (Å²) in [5.74, 6) is -0.383. The van der Waals surface area contributed by atoms with Gasteiger partial charge in [-0.15, -0.1) is 10.2 Å². The van der Waals surface area contributed by atoms with E-state index in [1.54, 1.807) is 0 Å². The van der Waals surface area contributed by atoms with Crippen molar-refractivity contribution in [1.29, 1.82) is 0 Å². The van der Waals surface area contributed by atoms with Gasteiger partial charge in [-0.1, -0.05) is 18.3 Å². The van der Waals surface area contributed by atoms with E-state index >= 15 is 0 Å². The number of thioether (sulfide) groups is 1.